The zero-order valence-electron chi connectivity index (χ0n) is 15.7. The molecular formula is C21H28BrNO4. The number of halogens is 1. The van der Waals surface area contributed by atoms with Crippen LogP contribution in [-0.2, 0) is 14.3 Å². The average Bonchev–Trinajstić information content (AvgIpc) is 2.64. The molecule has 0 bridgehead atoms. The molecule has 5 nitrogen and oxygen atoms in total. The number of carbonyl (C=O) groups is 1. The second-order valence-electron chi connectivity index (χ2n) is 7.18. The molecule has 0 unspecified atom stereocenters. The molecule has 0 radical (unpaired) electrons. The number of aliphatic hydroxyl groups is 1. The maximum absolute atomic E-state index is 12.7. The number of benzene rings is 1. The molecule has 148 valence electrons. The minimum atomic E-state index is -0.498. The van der Waals surface area contributed by atoms with Crippen molar-refractivity contribution in [2.75, 3.05) is 13.2 Å². The highest BCUT2D eigenvalue weighted by atomic mass is 79.9. The van der Waals surface area contributed by atoms with Gasteiger partial charge in [0.2, 0.25) is 6.29 Å². The quantitative estimate of drug-likeness (QED) is 0.647. The van der Waals surface area contributed by atoms with Crippen molar-refractivity contribution in [2.24, 2.45) is 5.92 Å². The third-order valence-corrected chi connectivity index (χ3v) is 5.86. The lowest BCUT2D eigenvalue weighted by Gasteiger charge is -2.37. The molecule has 3 atom stereocenters. The van der Waals surface area contributed by atoms with Crippen molar-refractivity contribution in [1.82, 2.24) is 5.32 Å². The number of carbonyl (C=O) groups excluding carboxylic acids is 1. The van der Waals surface area contributed by atoms with Gasteiger partial charge in [-0.25, -0.2) is 0 Å². The molecule has 0 aromatic heterocycles. The first-order valence-corrected chi connectivity index (χ1v) is 10.6. The Balaban J connectivity index is 1.88. The molecule has 1 amide bonds. The lowest BCUT2D eigenvalue weighted by Crippen LogP contribution is -2.43. The predicted octanol–water partition coefficient (Wildman–Crippen LogP) is 3.87. The van der Waals surface area contributed by atoms with Crippen LogP contribution >= 0.6 is 15.9 Å². The molecule has 2 aliphatic rings. The van der Waals surface area contributed by atoms with E-state index in [1.165, 1.54) is 0 Å². The SMILES string of the molecule is CCO[C@@H]1OC(C(=O)NC2CCC2)=C[C@H](c2ccc(Br)cc2)[C@@H]1CCCO. The van der Waals surface area contributed by atoms with E-state index in [4.69, 9.17) is 9.47 Å². The second kappa shape index (κ2) is 9.71. The molecule has 1 aliphatic heterocycles. The van der Waals surface area contributed by atoms with Gasteiger partial charge in [-0.2, -0.15) is 0 Å². The third-order valence-electron chi connectivity index (χ3n) is 5.33. The minimum Gasteiger partial charge on any atom is -0.459 e. The molecule has 6 heteroatoms. The van der Waals surface area contributed by atoms with Crippen LogP contribution in [0, 0.1) is 5.92 Å². The van der Waals surface area contributed by atoms with E-state index in [1.807, 2.05) is 25.1 Å². The minimum absolute atomic E-state index is 0.00269. The number of hydrogen-bond acceptors (Lipinski definition) is 4. The van der Waals surface area contributed by atoms with E-state index in [0.29, 0.717) is 18.8 Å². The van der Waals surface area contributed by atoms with Gasteiger partial charge in [-0.1, -0.05) is 28.1 Å². The van der Waals surface area contributed by atoms with Crippen LogP contribution in [0.2, 0.25) is 0 Å². The van der Waals surface area contributed by atoms with Gasteiger partial charge in [0.05, 0.1) is 0 Å². The van der Waals surface area contributed by atoms with Crippen LogP contribution in [0.4, 0.5) is 0 Å². The maximum Gasteiger partial charge on any atom is 0.286 e. The van der Waals surface area contributed by atoms with E-state index >= 15 is 0 Å². The summed E-state index contributed by atoms with van der Waals surface area (Å²) < 4.78 is 12.9. The van der Waals surface area contributed by atoms with Gasteiger partial charge >= 0.3 is 0 Å². The van der Waals surface area contributed by atoms with Crippen molar-refractivity contribution in [3.8, 4) is 0 Å². The average molecular weight is 438 g/mol. The summed E-state index contributed by atoms with van der Waals surface area (Å²) in [6.45, 7) is 2.56. The molecule has 1 aromatic carbocycles. The van der Waals surface area contributed by atoms with Crippen molar-refractivity contribution in [3.63, 3.8) is 0 Å². The Morgan fingerprint density at radius 3 is 2.67 bits per heavy atom. The molecule has 1 saturated carbocycles. The van der Waals surface area contributed by atoms with Crippen LogP contribution in [0.3, 0.4) is 0 Å². The molecular weight excluding hydrogens is 410 g/mol. The summed E-state index contributed by atoms with van der Waals surface area (Å²) >= 11 is 3.48. The molecule has 1 aliphatic carbocycles. The summed E-state index contributed by atoms with van der Waals surface area (Å²) in [6.07, 6.45) is 6.08. The van der Waals surface area contributed by atoms with Gasteiger partial charge in [-0.15, -0.1) is 0 Å². The highest BCUT2D eigenvalue weighted by Crippen LogP contribution is 2.39. The van der Waals surface area contributed by atoms with Gasteiger partial charge in [0.15, 0.2) is 5.76 Å². The standard InChI is InChI=1S/C21H28BrNO4/c1-2-26-21-17(7-4-12-24)18(14-8-10-15(22)11-9-14)13-19(27-21)20(25)23-16-5-3-6-16/h8-11,13,16-18,21,24H,2-7,12H2,1H3,(H,23,25)/t17-,18+,21+/m0/s1. The Hall–Kier alpha value is -1.37. The summed E-state index contributed by atoms with van der Waals surface area (Å²) in [4.78, 5) is 12.7. The number of rotatable bonds is 8. The van der Waals surface area contributed by atoms with Crippen molar-refractivity contribution in [1.29, 1.82) is 0 Å². The number of hydrogen-bond donors (Lipinski definition) is 2. The Kier molecular flexibility index (Phi) is 7.33. The van der Waals surface area contributed by atoms with E-state index in [1.54, 1.807) is 0 Å². The summed E-state index contributed by atoms with van der Waals surface area (Å²) in [5.74, 6) is 0.219. The fourth-order valence-corrected chi connectivity index (χ4v) is 3.90. The summed E-state index contributed by atoms with van der Waals surface area (Å²) in [5.41, 5.74) is 1.11. The van der Waals surface area contributed by atoms with E-state index in [-0.39, 0.29) is 30.4 Å². The normalized spacial score (nSPS) is 25.3. The summed E-state index contributed by atoms with van der Waals surface area (Å²) in [6, 6.07) is 8.39. The van der Waals surface area contributed by atoms with Crippen molar-refractivity contribution in [3.05, 3.63) is 46.1 Å². The van der Waals surface area contributed by atoms with Crippen LogP contribution in [0.5, 0.6) is 0 Å². The molecule has 1 fully saturated rings. The predicted molar refractivity (Wildman–Crippen MR) is 107 cm³/mol. The molecule has 1 aromatic rings. The molecule has 0 saturated heterocycles. The Morgan fingerprint density at radius 1 is 1.33 bits per heavy atom. The van der Waals surface area contributed by atoms with Gasteiger partial charge < -0.3 is 19.9 Å². The first-order chi connectivity index (χ1) is 13.1. The van der Waals surface area contributed by atoms with Gasteiger partial charge in [-0.05, 0) is 62.8 Å². The lowest BCUT2D eigenvalue weighted by atomic mass is 9.80. The second-order valence-corrected chi connectivity index (χ2v) is 8.10. The number of aliphatic hydroxyl groups excluding tert-OH is 1. The zero-order valence-corrected chi connectivity index (χ0v) is 17.3. The lowest BCUT2D eigenvalue weighted by molar-refractivity contribution is -0.167. The highest BCUT2D eigenvalue weighted by Gasteiger charge is 2.38. The van der Waals surface area contributed by atoms with Gasteiger partial charge in [0.1, 0.15) is 0 Å². The van der Waals surface area contributed by atoms with Crippen molar-refractivity contribution in [2.45, 2.75) is 57.3 Å². The van der Waals surface area contributed by atoms with Gasteiger partial charge in [0.25, 0.3) is 5.91 Å². The van der Waals surface area contributed by atoms with Crippen LogP contribution in [0.15, 0.2) is 40.6 Å². The molecule has 27 heavy (non-hydrogen) atoms. The van der Waals surface area contributed by atoms with Crippen molar-refractivity contribution >= 4 is 21.8 Å². The number of amides is 1. The zero-order chi connectivity index (χ0) is 19.2. The van der Waals surface area contributed by atoms with E-state index in [9.17, 15) is 9.90 Å². The molecule has 1 heterocycles. The fraction of sp³-hybridized carbons (Fsp3) is 0.571. The number of ether oxygens (including phenoxy) is 2. The van der Waals surface area contributed by atoms with Crippen LogP contribution in [0.1, 0.15) is 50.5 Å². The first kappa shape index (κ1) is 20.4. The molecule has 2 N–H and O–H groups in total. The Labute approximate surface area is 169 Å². The molecule has 3 rings (SSSR count). The largest absolute Gasteiger partial charge is 0.459 e. The number of allylic oxidation sites excluding steroid dienone is 1. The Bertz CT molecular complexity index is 657. The summed E-state index contributed by atoms with van der Waals surface area (Å²) in [7, 11) is 0. The smallest absolute Gasteiger partial charge is 0.286 e. The summed E-state index contributed by atoms with van der Waals surface area (Å²) in [5, 5.41) is 12.4. The Morgan fingerprint density at radius 2 is 2.07 bits per heavy atom. The molecule has 0 spiro atoms. The first-order valence-electron chi connectivity index (χ1n) is 9.79. The van der Waals surface area contributed by atoms with Crippen LogP contribution in [-0.4, -0.2) is 36.6 Å². The van der Waals surface area contributed by atoms with E-state index < -0.39 is 6.29 Å². The number of nitrogens with one attached hydrogen (secondary N) is 1. The van der Waals surface area contributed by atoms with Crippen molar-refractivity contribution < 1.29 is 19.4 Å². The monoisotopic (exact) mass is 437 g/mol. The van der Waals surface area contributed by atoms with E-state index in [2.05, 4.69) is 33.4 Å². The highest BCUT2D eigenvalue weighted by molar-refractivity contribution is 9.10. The topological polar surface area (TPSA) is 67.8 Å². The van der Waals surface area contributed by atoms with Crippen LogP contribution in [0.25, 0.3) is 0 Å². The van der Waals surface area contributed by atoms with Gasteiger partial charge in [-0.3, -0.25) is 4.79 Å². The maximum atomic E-state index is 12.7. The van der Waals surface area contributed by atoms with Crippen LogP contribution < -0.4 is 5.32 Å². The van der Waals surface area contributed by atoms with Gasteiger partial charge in [0, 0.05) is 35.6 Å². The van der Waals surface area contributed by atoms with E-state index in [0.717, 1.165) is 35.7 Å². The third kappa shape index (κ3) is 5.12. The fourth-order valence-electron chi connectivity index (χ4n) is 3.64.